The van der Waals surface area contributed by atoms with Gasteiger partial charge in [0.15, 0.2) is 0 Å². The zero-order valence-electron chi connectivity index (χ0n) is 13.2. The van der Waals surface area contributed by atoms with Gasteiger partial charge >= 0.3 is 0 Å². The number of aryl methyl sites for hydroxylation is 1. The monoisotopic (exact) mass is 262 g/mol. The summed E-state index contributed by atoms with van der Waals surface area (Å²) in [6.07, 6.45) is 1.23. The van der Waals surface area contributed by atoms with E-state index in [0.29, 0.717) is 12.0 Å². The van der Waals surface area contributed by atoms with Gasteiger partial charge in [-0.1, -0.05) is 45.4 Å². The molecule has 0 amide bonds. The summed E-state index contributed by atoms with van der Waals surface area (Å²) >= 11 is 0. The van der Waals surface area contributed by atoms with Crippen LogP contribution in [0.2, 0.25) is 0 Å². The molecule has 0 saturated heterocycles. The summed E-state index contributed by atoms with van der Waals surface area (Å²) in [5.74, 6) is 0.706. The molecular weight excluding hydrogens is 232 g/mol. The number of hydrogen-bond acceptors (Lipinski definition) is 2. The average molecular weight is 262 g/mol. The summed E-state index contributed by atoms with van der Waals surface area (Å²) in [6.45, 7) is 14.4. The third-order valence-electron chi connectivity index (χ3n) is 4.05. The van der Waals surface area contributed by atoms with Crippen LogP contribution >= 0.6 is 0 Å². The molecule has 2 atom stereocenters. The van der Waals surface area contributed by atoms with Gasteiger partial charge in [-0.3, -0.25) is 0 Å². The maximum Gasteiger partial charge on any atom is 0.0396 e. The van der Waals surface area contributed by atoms with E-state index in [2.05, 4.69) is 69.1 Å². The number of nitrogens with zero attached hydrogens (tertiary/aromatic N) is 1. The minimum Gasteiger partial charge on any atom is -0.370 e. The Hall–Kier alpha value is -1.02. The molecule has 0 saturated carbocycles. The molecule has 0 radical (unpaired) electrons. The average Bonchev–Trinajstić information content (AvgIpc) is 2.43. The van der Waals surface area contributed by atoms with Gasteiger partial charge in [-0.2, -0.15) is 0 Å². The molecule has 19 heavy (non-hydrogen) atoms. The van der Waals surface area contributed by atoms with Gasteiger partial charge in [-0.25, -0.2) is 0 Å². The number of likely N-dealkylation sites (N-methyl/N-ethyl adjacent to an activating group) is 2. The summed E-state index contributed by atoms with van der Waals surface area (Å²) in [5, 5.41) is 3.65. The summed E-state index contributed by atoms with van der Waals surface area (Å²) < 4.78 is 0. The van der Waals surface area contributed by atoms with Crippen LogP contribution in [0.15, 0.2) is 24.3 Å². The van der Waals surface area contributed by atoms with Crippen molar-refractivity contribution in [2.45, 2.75) is 47.1 Å². The van der Waals surface area contributed by atoms with Crippen LogP contribution in [0.3, 0.4) is 0 Å². The molecule has 0 spiro atoms. The lowest BCUT2D eigenvalue weighted by molar-refractivity contribution is 0.373. The standard InChI is InChI=1S/C17H30N2/c1-6-14(4)16(18-7-2)13-19(8-3)17-12-10-9-11-15(17)5/h9-12,14,16,18H,6-8,13H2,1-5H3. The minimum absolute atomic E-state index is 0.564. The fraction of sp³-hybridized carbons (Fsp3) is 0.647. The van der Waals surface area contributed by atoms with Crippen LogP contribution in [0.5, 0.6) is 0 Å². The van der Waals surface area contributed by atoms with E-state index in [1.54, 1.807) is 0 Å². The Bertz CT molecular complexity index is 362. The quantitative estimate of drug-likeness (QED) is 0.765. The predicted octanol–water partition coefficient (Wildman–Crippen LogP) is 3.85. The first kappa shape index (κ1) is 16.0. The minimum atomic E-state index is 0.564. The molecule has 1 aromatic rings. The molecule has 0 fully saturated rings. The predicted molar refractivity (Wildman–Crippen MR) is 86.0 cm³/mol. The fourth-order valence-electron chi connectivity index (χ4n) is 2.55. The summed E-state index contributed by atoms with van der Waals surface area (Å²) in [5.41, 5.74) is 2.74. The van der Waals surface area contributed by atoms with Crippen molar-refractivity contribution in [3.8, 4) is 0 Å². The van der Waals surface area contributed by atoms with Crippen LogP contribution in [0.4, 0.5) is 5.69 Å². The lowest BCUT2D eigenvalue weighted by Gasteiger charge is -2.32. The van der Waals surface area contributed by atoms with Crippen LogP contribution in [-0.2, 0) is 0 Å². The highest BCUT2D eigenvalue weighted by Gasteiger charge is 2.18. The second kappa shape index (κ2) is 8.21. The largest absolute Gasteiger partial charge is 0.370 e. The number of anilines is 1. The Balaban J connectivity index is 2.82. The number of benzene rings is 1. The Labute approximate surface area is 119 Å². The maximum atomic E-state index is 3.65. The van der Waals surface area contributed by atoms with Gasteiger partial charge in [0.25, 0.3) is 0 Å². The Morgan fingerprint density at radius 3 is 2.37 bits per heavy atom. The molecule has 0 aliphatic rings. The highest BCUT2D eigenvalue weighted by molar-refractivity contribution is 5.53. The number of hydrogen-bond donors (Lipinski definition) is 1. The molecule has 0 aromatic heterocycles. The third-order valence-corrected chi connectivity index (χ3v) is 4.05. The van der Waals surface area contributed by atoms with Gasteiger partial charge in [-0.05, 0) is 37.9 Å². The topological polar surface area (TPSA) is 15.3 Å². The molecule has 0 heterocycles. The van der Waals surface area contributed by atoms with Crippen LogP contribution in [0, 0.1) is 12.8 Å². The van der Waals surface area contributed by atoms with Crippen LogP contribution in [0.1, 0.15) is 39.7 Å². The van der Waals surface area contributed by atoms with Gasteiger partial charge in [0.2, 0.25) is 0 Å². The molecule has 0 aliphatic carbocycles. The second-order valence-corrected chi connectivity index (χ2v) is 5.37. The van der Waals surface area contributed by atoms with Crippen molar-refractivity contribution in [2.24, 2.45) is 5.92 Å². The van der Waals surface area contributed by atoms with E-state index < -0.39 is 0 Å². The van der Waals surface area contributed by atoms with E-state index in [-0.39, 0.29) is 0 Å². The molecule has 1 rings (SSSR count). The van der Waals surface area contributed by atoms with Gasteiger partial charge in [0.05, 0.1) is 0 Å². The first-order valence-corrected chi connectivity index (χ1v) is 7.67. The maximum absolute atomic E-state index is 3.65. The van der Waals surface area contributed by atoms with Crippen molar-refractivity contribution in [3.05, 3.63) is 29.8 Å². The van der Waals surface area contributed by atoms with Gasteiger partial charge < -0.3 is 10.2 Å². The third kappa shape index (κ3) is 4.54. The van der Waals surface area contributed by atoms with E-state index >= 15 is 0 Å². The molecule has 108 valence electrons. The molecule has 1 aromatic carbocycles. The smallest absolute Gasteiger partial charge is 0.0396 e. The van der Waals surface area contributed by atoms with Crippen LogP contribution in [-0.4, -0.2) is 25.7 Å². The van der Waals surface area contributed by atoms with Gasteiger partial charge in [0.1, 0.15) is 0 Å². The first-order valence-electron chi connectivity index (χ1n) is 7.67. The first-order chi connectivity index (χ1) is 9.13. The Morgan fingerprint density at radius 2 is 1.84 bits per heavy atom. The second-order valence-electron chi connectivity index (χ2n) is 5.37. The summed E-state index contributed by atoms with van der Waals surface area (Å²) in [6, 6.07) is 9.25. The van der Waals surface area contributed by atoms with Gasteiger partial charge in [0, 0.05) is 24.8 Å². The molecule has 0 aliphatic heterocycles. The van der Waals surface area contributed by atoms with Crippen molar-refractivity contribution in [3.63, 3.8) is 0 Å². The Kier molecular flexibility index (Phi) is 6.93. The van der Waals surface area contributed by atoms with Crippen molar-refractivity contribution < 1.29 is 0 Å². The van der Waals surface area contributed by atoms with E-state index in [9.17, 15) is 0 Å². The molecule has 2 unspecified atom stereocenters. The SMILES string of the molecule is CCNC(CN(CC)c1ccccc1C)C(C)CC. The van der Waals surface area contributed by atoms with Crippen LogP contribution < -0.4 is 10.2 Å². The van der Waals surface area contributed by atoms with Crippen molar-refractivity contribution in [2.75, 3.05) is 24.5 Å². The highest BCUT2D eigenvalue weighted by atomic mass is 15.2. The fourth-order valence-corrected chi connectivity index (χ4v) is 2.55. The summed E-state index contributed by atoms with van der Waals surface area (Å²) in [7, 11) is 0. The zero-order valence-corrected chi connectivity index (χ0v) is 13.2. The molecular formula is C17H30N2. The van der Waals surface area contributed by atoms with Crippen molar-refractivity contribution in [1.29, 1.82) is 0 Å². The summed E-state index contributed by atoms with van der Waals surface area (Å²) in [4.78, 5) is 2.49. The molecule has 1 N–H and O–H groups in total. The van der Waals surface area contributed by atoms with E-state index in [4.69, 9.17) is 0 Å². The normalized spacial score (nSPS) is 14.2. The van der Waals surface area contributed by atoms with Crippen LogP contribution in [0.25, 0.3) is 0 Å². The molecule has 0 bridgehead atoms. The molecule has 2 heteroatoms. The number of para-hydroxylation sites is 1. The van der Waals surface area contributed by atoms with E-state index in [1.807, 2.05) is 0 Å². The highest BCUT2D eigenvalue weighted by Crippen LogP contribution is 2.21. The van der Waals surface area contributed by atoms with E-state index in [1.165, 1.54) is 17.7 Å². The van der Waals surface area contributed by atoms with Crippen molar-refractivity contribution in [1.82, 2.24) is 5.32 Å². The number of nitrogens with one attached hydrogen (secondary N) is 1. The van der Waals surface area contributed by atoms with Crippen molar-refractivity contribution >= 4 is 5.69 Å². The van der Waals surface area contributed by atoms with E-state index in [0.717, 1.165) is 19.6 Å². The zero-order chi connectivity index (χ0) is 14.3. The number of rotatable bonds is 8. The molecule has 2 nitrogen and oxygen atoms in total. The Morgan fingerprint density at radius 1 is 1.16 bits per heavy atom. The van der Waals surface area contributed by atoms with Gasteiger partial charge in [-0.15, -0.1) is 0 Å². The lowest BCUT2D eigenvalue weighted by atomic mass is 9.98. The lowest BCUT2D eigenvalue weighted by Crippen LogP contribution is -2.45.